The van der Waals surface area contributed by atoms with Gasteiger partial charge in [0.1, 0.15) is 0 Å². The second-order valence-electron chi connectivity index (χ2n) is 10.8. The first-order valence-electron chi connectivity index (χ1n) is 15.0. The molecule has 3 aromatic carbocycles. The molecule has 2 amide bonds. The van der Waals surface area contributed by atoms with Crippen molar-refractivity contribution in [3.05, 3.63) is 90.8 Å². The fourth-order valence-electron chi connectivity index (χ4n) is 5.31. The van der Waals surface area contributed by atoms with Crippen molar-refractivity contribution in [2.45, 2.75) is 79.2 Å². The molecule has 1 saturated heterocycles. The number of aliphatic carboxylic acids is 1. The Morgan fingerprint density at radius 2 is 1.52 bits per heavy atom. The van der Waals surface area contributed by atoms with Gasteiger partial charge in [-0.15, -0.1) is 0 Å². The van der Waals surface area contributed by atoms with E-state index in [4.69, 9.17) is 4.74 Å². The molecule has 2 aliphatic rings. The number of urea groups is 1. The number of nitrogens with one attached hydrogen (secondary N) is 2. The van der Waals surface area contributed by atoms with Crippen LogP contribution in [0, 0.1) is 19.8 Å². The first-order valence-corrected chi connectivity index (χ1v) is 15.0. The summed E-state index contributed by atoms with van der Waals surface area (Å²) in [6.07, 6.45) is 4.69. The number of carbonyl (C=O) groups is 3. The van der Waals surface area contributed by atoms with Gasteiger partial charge in [-0.05, 0) is 86.9 Å². The summed E-state index contributed by atoms with van der Waals surface area (Å²) in [5, 5.41) is 14.9. The maximum absolute atomic E-state index is 13.1. The Bertz CT molecular complexity index is 1350. The van der Waals surface area contributed by atoms with E-state index in [1.54, 1.807) is 0 Å². The number of carboxylic acids is 1. The molecule has 0 radical (unpaired) electrons. The minimum absolute atomic E-state index is 0. The summed E-state index contributed by atoms with van der Waals surface area (Å²) in [6, 6.07) is 20.5. The maximum Gasteiger partial charge on any atom is 0.323 e. The van der Waals surface area contributed by atoms with Crippen LogP contribution in [0.2, 0.25) is 0 Å². The van der Waals surface area contributed by atoms with Crippen molar-refractivity contribution in [3.63, 3.8) is 0 Å². The summed E-state index contributed by atoms with van der Waals surface area (Å²) < 4.78 is 5.15. The number of rotatable bonds is 6. The average molecular weight is 644 g/mol. The molecule has 3 N–H and O–H groups in total. The van der Waals surface area contributed by atoms with Gasteiger partial charge in [0, 0.05) is 46.0 Å². The van der Waals surface area contributed by atoms with Crippen LogP contribution in [-0.2, 0) is 33.0 Å². The smallest absolute Gasteiger partial charge is 0.323 e. The summed E-state index contributed by atoms with van der Waals surface area (Å²) in [4.78, 5) is 36.7. The van der Waals surface area contributed by atoms with Crippen molar-refractivity contribution in [1.29, 1.82) is 0 Å². The second kappa shape index (κ2) is 18.4. The molecule has 1 aliphatic heterocycles. The summed E-state index contributed by atoms with van der Waals surface area (Å²) in [5.41, 5.74) is 5.23. The number of anilines is 2. The maximum atomic E-state index is 13.1. The molecule has 5 rings (SSSR count). The molecular formula is C36H47FeN2O5-. The first-order chi connectivity index (χ1) is 20.2. The molecule has 0 spiro atoms. The third-order valence-electron chi connectivity index (χ3n) is 7.81. The van der Waals surface area contributed by atoms with E-state index in [0.717, 1.165) is 34.5 Å². The van der Waals surface area contributed by atoms with Gasteiger partial charge >= 0.3 is 12.0 Å². The molecule has 1 aliphatic carbocycles. The molecule has 3 aromatic rings. The number of fused-ring (bicyclic) bond motifs is 1. The quantitative estimate of drug-likeness (QED) is 0.184. The number of hydrogen-bond acceptors (Lipinski definition) is 4. The molecule has 2 atom stereocenters. The van der Waals surface area contributed by atoms with Crippen LogP contribution >= 0.6 is 0 Å². The van der Waals surface area contributed by atoms with E-state index in [2.05, 4.69) is 17.6 Å². The van der Waals surface area contributed by atoms with Crippen LogP contribution in [-0.4, -0.2) is 35.6 Å². The van der Waals surface area contributed by atoms with Gasteiger partial charge in [-0.3, -0.25) is 9.59 Å². The summed E-state index contributed by atoms with van der Waals surface area (Å²) in [5.74, 6) is -0.999. The third kappa shape index (κ3) is 10.3. The molecule has 2 unspecified atom stereocenters. The number of ether oxygens (including phenoxy) is 1. The largest absolute Gasteiger partial charge is 0.481 e. The van der Waals surface area contributed by atoms with Crippen molar-refractivity contribution >= 4 is 29.2 Å². The molecule has 0 saturated carbocycles. The number of aryl methyl sites for hydroxylation is 2. The van der Waals surface area contributed by atoms with Gasteiger partial charge in [0.25, 0.3) is 0 Å². The fourth-order valence-corrected chi connectivity index (χ4v) is 5.31. The number of hydrogen-bond donors (Lipinski definition) is 3. The Kier molecular flexibility index (Phi) is 16.1. The minimum atomic E-state index is -0.934. The van der Waals surface area contributed by atoms with E-state index in [1.807, 2.05) is 94.4 Å². The van der Waals surface area contributed by atoms with Crippen LogP contribution in [0.3, 0.4) is 0 Å². The van der Waals surface area contributed by atoms with Gasteiger partial charge in [-0.2, -0.15) is 0 Å². The van der Waals surface area contributed by atoms with Crippen LogP contribution < -0.4 is 10.6 Å². The molecule has 44 heavy (non-hydrogen) atoms. The predicted molar refractivity (Wildman–Crippen MR) is 176 cm³/mol. The van der Waals surface area contributed by atoms with Gasteiger partial charge in [-0.1, -0.05) is 68.8 Å². The monoisotopic (exact) mass is 643 g/mol. The number of amides is 2. The van der Waals surface area contributed by atoms with Gasteiger partial charge in [0.15, 0.2) is 5.78 Å². The van der Waals surface area contributed by atoms with Gasteiger partial charge in [-0.25, -0.2) is 4.79 Å². The molecule has 0 bridgehead atoms. The van der Waals surface area contributed by atoms with Gasteiger partial charge in [0.05, 0.1) is 12.5 Å². The van der Waals surface area contributed by atoms with Crippen LogP contribution in [0.1, 0.15) is 81.3 Å². The molecular weight excluding hydrogens is 596 g/mol. The van der Waals surface area contributed by atoms with E-state index in [1.165, 1.54) is 12.8 Å². The van der Waals surface area contributed by atoms with Crippen molar-refractivity contribution < 1.29 is 41.3 Å². The van der Waals surface area contributed by atoms with Crippen LogP contribution in [0.25, 0.3) is 11.1 Å². The Balaban J connectivity index is 0.000000854. The zero-order chi connectivity index (χ0) is 30.7. The Morgan fingerprint density at radius 1 is 0.955 bits per heavy atom. The normalized spacial score (nSPS) is 18.0. The molecule has 8 heteroatoms. The molecule has 240 valence electrons. The fraction of sp³-hybridized carbons (Fsp3) is 0.389. The third-order valence-corrected chi connectivity index (χ3v) is 7.81. The Hall–Kier alpha value is -3.45. The number of carboxylic acid groups (broad SMARTS) is 1. The Labute approximate surface area is 273 Å². The van der Waals surface area contributed by atoms with E-state index in [0.29, 0.717) is 36.6 Å². The zero-order valence-electron chi connectivity index (χ0n) is 26.8. The number of carbonyl (C=O) groups excluding carboxylic acids is 2. The summed E-state index contributed by atoms with van der Waals surface area (Å²) >= 11 is 0. The number of benzene rings is 3. The molecule has 1 heterocycles. The average Bonchev–Trinajstić information content (AvgIpc) is 3.48. The van der Waals surface area contributed by atoms with E-state index in [9.17, 15) is 19.5 Å². The molecule has 1 fully saturated rings. The van der Waals surface area contributed by atoms with Gasteiger partial charge < -0.3 is 27.9 Å². The predicted octanol–water partition coefficient (Wildman–Crippen LogP) is 8.97. The van der Waals surface area contributed by atoms with Gasteiger partial charge in [0.2, 0.25) is 0 Å². The van der Waals surface area contributed by atoms with E-state index >= 15 is 0 Å². The van der Waals surface area contributed by atoms with Crippen molar-refractivity contribution in [3.8, 4) is 11.1 Å². The van der Waals surface area contributed by atoms with Crippen LogP contribution in [0.15, 0.2) is 66.7 Å². The standard InChI is InChI=1S/C28H28N2O4.C5H10O.C2H6.CH3.Fe/c1-3-28(17-25(31)32)15-14-21-16-20(8-13-24(21)26(28)33)19-6-11-23(12-7-19)30-27(34)29-22-9-4-18(2)5-10-22;1-5-3-2-4-6-5;1-2;;/h4-13,16H,3,14-15,17H2,1-2H3,(H,31,32)(H2,29,30,34);5H,2-4H2,1H3;1-2H3;1H3;/q;;;-1;. The molecule has 0 aromatic heterocycles. The van der Waals surface area contributed by atoms with E-state index < -0.39 is 11.4 Å². The first kappa shape index (κ1) is 38.6. The van der Waals surface area contributed by atoms with Crippen LogP contribution in [0.5, 0.6) is 0 Å². The summed E-state index contributed by atoms with van der Waals surface area (Å²) in [6.45, 7) is 11.0. The zero-order valence-corrected chi connectivity index (χ0v) is 27.9. The van der Waals surface area contributed by atoms with E-state index in [-0.39, 0.29) is 42.7 Å². The van der Waals surface area contributed by atoms with Crippen LogP contribution in [0.4, 0.5) is 16.2 Å². The Morgan fingerprint density at radius 3 is 2.00 bits per heavy atom. The topological polar surface area (TPSA) is 105 Å². The minimum Gasteiger partial charge on any atom is -0.481 e. The molecule has 7 nitrogen and oxygen atoms in total. The van der Waals surface area contributed by atoms with Crippen molar-refractivity contribution in [2.24, 2.45) is 5.41 Å². The number of ketones is 1. The number of Topliss-reactive ketones (excluding diaryl/α,β-unsaturated/α-hetero) is 1. The van der Waals surface area contributed by atoms with Crippen molar-refractivity contribution in [2.75, 3.05) is 17.2 Å². The van der Waals surface area contributed by atoms with Crippen molar-refractivity contribution in [1.82, 2.24) is 0 Å². The summed E-state index contributed by atoms with van der Waals surface area (Å²) in [7, 11) is 0. The second-order valence-corrected chi connectivity index (χ2v) is 10.8. The SMILES string of the molecule is CC.CC1CCCO1.CCC1(CC(=O)O)CCc2cc(-c3ccc(NC(=O)Nc4ccc(C)cc4)cc3)ccc2C1=O.[CH3-].[Fe].